The molecule has 0 aromatic carbocycles. The van der Waals surface area contributed by atoms with E-state index in [2.05, 4.69) is 51.2 Å². The highest BCUT2D eigenvalue weighted by molar-refractivity contribution is 5.16. The van der Waals surface area contributed by atoms with Crippen LogP contribution in [0.2, 0.25) is 0 Å². The van der Waals surface area contributed by atoms with Gasteiger partial charge in [-0.3, -0.25) is 4.90 Å². The number of nitrogens with zero attached hydrogens (tertiary/aromatic N) is 1. The van der Waals surface area contributed by atoms with Crippen LogP contribution in [0.1, 0.15) is 40.5 Å². The Bertz CT molecular complexity index is 219. The molecule has 0 bridgehead atoms. The van der Waals surface area contributed by atoms with Crippen LogP contribution in [-0.4, -0.2) is 30.1 Å². The molecule has 14 heavy (non-hydrogen) atoms. The average molecular weight is 196 g/mol. The number of hydrogen-bond donors (Lipinski definition) is 1. The average Bonchev–Trinajstić information content (AvgIpc) is 1.99. The van der Waals surface area contributed by atoms with E-state index in [1.165, 1.54) is 5.57 Å². The van der Waals surface area contributed by atoms with Crippen LogP contribution in [-0.2, 0) is 0 Å². The minimum absolute atomic E-state index is 0.268. The molecule has 82 valence electrons. The number of hydrogen-bond acceptors (Lipinski definition) is 2. The first kappa shape index (κ1) is 11.6. The first-order chi connectivity index (χ1) is 6.29. The van der Waals surface area contributed by atoms with Crippen LogP contribution < -0.4 is 5.32 Å². The highest BCUT2D eigenvalue weighted by atomic mass is 15.2. The third kappa shape index (κ3) is 2.11. The smallest absolute Gasteiger partial charge is 0.0193 e. The lowest BCUT2D eigenvalue weighted by molar-refractivity contribution is 0.0208. The Balaban J connectivity index is 2.92. The molecule has 0 atom stereocenters. The van der Waals surface area contributed by atoms with Gasteiger partial charge < -0.3 is 5.32 Å². The predicted octanol–water partition coefficient (Wildman–Crippen LogP) is 2.37. The molecule has 0 amide bonds. The summed E-state index contributed by atoms with van der Waals surface area (Å²) in [5, 5.41) is 3.15. The van der Waals surface area contributed by atoms with Crippen molar-refractivity contribution in [1.29, 1.82) is 0 Å². The Morgan fingerprint density at radius 3 is 1.93 bits per heavy atom. The van der Waals surface area contributed by atoms with Crippen molar-refractivity contribution in [3.05, 3.63) is 11.8 Å². The fourth-order valence-electron chi connectivity index (χ4n) is 2.54. The zero-order valence-corrected chi connectivity index (χ0v) is 10.4. The van der Waals surface area contributed by atoms with Gasteiger partial charge >= 0.3 is 0 Å². The summed E-state index contributed by atoms with van der Waals surface area (Å²) in [5.41, 5.74) is 2.06. The lowest BCUT2D eigenvalue weighted by atomic mass is 9.78. The molecule has 0 aromatic rings. The minimum atomic E-state index is 0.268. The van der Waals surface area contributed by atoms with E-state index < -0.39 is 0 Å². The van der Waals surface area contributed by atoms with Gasteiger partial charge in [0.25, 0.3) is 0 Å². The van der Waals surface area contributed by atoms with E-state index in [0.717, 1.165) is 12.8 Å². The number of rotatable bonds is 1. The summed E-state index contributed by atoms with van der Waals surface area (Å²) in [5.74, 6) is 0. The number of nitrogens with one attached hydrogen (secondary N) is 1. The molecular formula is C12H24N2. The maximum absolute atomic E-state index is 3.15. The quantitative estimate of drug-likeness (QED) is 0.692. The van der Waals surface area contributed by atoms with E-state index in [4.69, 9.17) is 0 Å². The van der Waals surface area contributed by atoms with Crippen LogP contribution in [0.15, 0.2) is 11.8 Å². The molecule has 0 radical (unpaired) electrons. The van der Waals surface area contributed by atoms with Crippen LogP contribution in [0.4, 0.5) is 0 Å². The van der Waals surface area contributed by atoms with Gasteiger partial charge in [0.05, 0.1) is 0 Å². The normalized spacial score (nSPS) is 26.0. The molecule has 1 heterocycles. The lowest BCUT2D eigenvalue weighted by Gasteiger charge is -2.51. The van der Waals surface area contributed by atoms with Gasteiger partial charge in [-0.05, 0) is 53.8 Å². The first-order valence-electron chi connectivity index (χ1n) is 5.39. The third-order valence-corrected chi connectivity index (χ3v) is 3.48. The van der Waals surface area contributed by atoms with Crippen LogP contribution in [0.25, 0.3) is 0 Å². The Kier molecular flexibility index (Phi) is 2.96. The van der Waals surface area contributed by atoms with Crippen LogP contribution in [0.3, 0.4) is 0 Å². The van der Waals surface area contributed by atoms with Crippen molar-refractivity contribution in [2.75, 3.05) is 14.1 Å². The largest absolute Gasteiger partial charge is 0.394 e. The lowest BCUT2D eigenvalue weighted by Crippen LogP contribution is -2.56. The molecule has 0 spiro atoms. The number of piperidine rings is 1. The van der Waals surface area contributed by atoms with Crippen LogP contribution >= 0.6 is 0 Å². The Hall–Kier alpha value is -0.500. The molecule has 1 aliphatic rings. The topological polar surface area (TPSA) is 15.3 Å². The van der Waals surface area contributed by atoms with Crippen LogP contribution in [0.5, 0.6) is 0 Å². The second kappa shape index (κ2) is 3.58. The summed E-state index contributed by atoms with van der Waals surface area (Å²) in [6, 6.07) is 0. The second-order valence-corrected chi connectivity index (χ2v) is 5.63. The van der Waals surface area contributed by atoms with E-state index in [1.807, 2.05) is 7.05 Å². The van der Waals surface area contributed by atoms with Gasteiger partial charge in [-0.2, -0.15) is 0 Å². The molecule has 0 saturated carbocycles. The summed E-state index contributed by atoms with van der Waals surface area (Å²) in [6.45, 7) is 9.27. The maximum atomic E-state index is 3.15. The zero-order valence-electron chi connectivity index (χ0n) is 10.4. The van der Waals surface area contributed by atoms with E-state index in [0.29, 0.717) is 0 Å². The van der Waals surface area contributed by atoms with Crippen LogP contribution in [0, 0.1) is 0 Å². The highest BCUT2D eigenvalue weighted by Crippen LogP contribution is 2.39. The fraction of sp³-hybridized carbons (Fsp3) is 0.833. The molecule has 2 heteroatoms. The molecule has 2 nitrogen and oxygen atoms in total. The molecule has 1 fully saturated rings. The van der Waals surface area contributed by atoms with Crippen molar-refractivity contribution < 1.29 is 0 Å². The molecular weight excluding hydrogens is 172 g/mol. The van der Waals surface area contributed by atoms with E-state index in [1.54, 1.807) is 0 Å². The first-order valence-corrected chi connectivity index (χ1v) is 5.39. The van der Waals surface area contributed by atoms with Crippen molar-refractivity contribution in [3.63, 3.8) is 0 Å². The van der Waals surface area contributed by atoms with Gasteiger partial charge in [-0.1, -0.05) is 5.57 Å². The summed E-state index contributed by atoms with van der Waals surface area (Å²) in [4.78, 5) is 2.49. The van der Waals surface area contributed by atoms with Gasteiger partial charge in [-0.15, -0.1) is 0 Å². The van der Waals surface area contributed by atoms with Gasteiger partial charge in [0.2, 0.25) is 0 Å². The molecule has 1 aliphatic heterocycles. The SMILES string of the molecule is CNC=C1CC(C)(C)N(C)C(C)(C)C1. The summed E-state index contributed by atoms with van der Waals surface area (Å²) in [7, 11) is 4.21. The van der Waals surface area contributed by atoms with Crippen molar-refractivity contribution in [2.24, 2.45) is 0 Å². The maximum Gasteiger partial charge on any atom is 0.0193 e. The van der Waals surface area contributed by atoms with Gasteiger partial charge in [0, 0.05) is 18.1 Å². The van der Waals surface area contributed by atoms with Gasteiger partial charge in [0.1, 0.15) is 0 Å². The molecule has 1 rings (SSSR count). The minimum Gasteiger partial charge on any atom is -0.394 e. The van der Waals surface area contributed by atoms with Crippen molar-refractivity contribution in [3.8, 4) is 0 Å². The molecule has 0 aliphatic carbocycles. The molecule has 0 aromatic heterocycles. The third-order valence-electron chi connectivity index (χ3n) is 3.48. The predicted molar refractivity (Wildman–Crippen MR) is 62.3 cm³/mol. The van der Waals surface area contributed by atoms with E-state index in [-0.39, 0.29) is 11.1 Å². The monoisotopic (exact) mass is 196 g/mol. The highest BCUT2D eigenvalue weighted by Gasteiger charge is 2.40. The molecule has 0 unspecified atom stereocenters. The standard InChI is InChI=1S/C12H24N2/c1-11(2)7-10(9-13-5)8-12(3,4)14(11)6/h9,13H,7-8H2,1-6H3. The van der Waals surface area contributed by atoms with Gasteiger partial charge in [0.15, 0.2) is 0 Å². The fourth-order valence-corrected chi connectivity index (χ4v) is 2.54. The Morgan fingerprint density at radius 2 is 1.57 bits per heavy atom. The zero-order chi connectivity index (χ0) is 11.0. The Morgan fingerprint density at radius 1 is 1.14 bits per heavy atom. The number of likely N-dealkylation sites (tertiary alicyclic amines) is 1. The summed E-state index contributed by atoms with van der Waals surface area (Å²) < 4.78 is 0. The molecule has 1 saturated heterocycles. The Labute approximate surface area is 88.4 Å². The van der Waals surface area contributed by atoms with Gasteiger partial charge in [-0.25, -0.2) is 0 Å². The van der Waals surface area contributed by atoms with E-state index in [9.17, 15) is 0 Å². The summed E-state index contributed by atoms with van der Waals surface area (Å²) in [6.07, 6.45) is 4.48. The van der Waals surface area contributed by atoms with Crippen molar-refractivity contribution >= 4 is 0 Å². The molecule has 1 N–H and O–H groups in total. The van der Waals surface area contributed by atoms with Crippen molar-refractivity contribution in [2.45, 2.75) is 51.6 Å². The van der Waals surface area contributed by atoms with Crippen molar-refractivity contribution in [1.82, 2.24) is 10.2 Å². The second-order valence-electron chi connectivity index (χ2n) is 5.63. The summed E-state index contributed by atoms with van der Waals surface area (Å²) >= 11 is 0. The van der Waals surface area contributed by atoms with E-state index >= 15 is 0 Å².